The molecule has 1 amide bonds. The Kier molecular flexibility index (Phi) is 7.06. The van der Waals surface area contributed by atoms with Gasteiger partial charge >= 0.3 is 5.69 Å². The number of nitro benzene ring substituents is 1. The number of carbonyl (C=O) groups is 1. The maximum atomic E-state index is 12.8. The molecule has 10 heteroatoms. The van der Waals surface area contributed by atoms with Crippen molar-refractivity contribution in [1.29, 1.82) is 0 Å². The third-order valence-corrected chi connectivity index (χ3v) is 5.98. The largest absolute Gasteiger partial charge is 0.490 e. The van der Waals surface area contributed by atoms with Crippen molar-refractivity contribution in [3.8, 4) is 5.75 Å². The number of hydrogen-bond donors (Lipinski definition) is 2. The van der Waals surface area contributed by atoms with Gasteiger partial charge in [-0.2, -0.15) is 0 Å². The molecule has 0 atom stereocenters. The van der Waals surface area contributed by atoms with Crippen LogP contribution in [0.1, 0.15) is 15.9 Å². The Labute approximate surface area is 185 Å². The summed E-state index contributed by atoms with van der Waals surface area (Å²) in [5, 5.41) is 14.0. The number of ether oxygens (including phenoxy) is 1. The highest BCUT2D eigenvalue weighted by atomic mass is 32.2. The number of benzene rings is 3. The van der Waals surface area contributed by atoms with Gasteiger partial charge in [-0.1, -0.05) is 42.5 Å². The standard InChI is InChI=1S/C22H21N3O6S/c1-31-21-12-11-17(15-20(21)25(27)28)32(29,30)24-19-10-6-5-9-18(19)22(26)23-14-13-16-7-3-2-4-8-16/h2-12,15,24H,13-14H2,1H3,(H,23,26). The zero-order valence-corrected chi connectivity index (χ0v) is 18.0. The summed E-state index contributed by atoms with van der Waals surface area (Å²) in [6, 6.07) is 19.0. The van der Waals surface area contributed by atoms with Crippen LogP contribution in [0.5, 0.6) is 5.75 Å². The lowest BCUT2D eigenvalue weighted by Crippen LogP contribution is -2.27. The second-order valence-electron chi connectivity index (χ2n) is 6.73. The van der Waals surface area contributed by atoms with E-state index in [0.717, 1.165) is 11.6 Å². The molecule has 0 unspecified atom stereocenters. The first-order chi connectivity index (χ1) is 15.3. The number of sulfonamides is 1. The summed E-state index contributed by atoms with van der Waals surface area (Å²) >= 11 is 0. The number of para-hydroxylation sites is 1. The first-order valence-electron chi connectivity index (χ1n) is 9.58. The van der Waals surface area contributed by atoms with Crippen LogP contribution >= 0.6 is 0 Å². The van der Waals surface area contributed by atoms with Crippen LogP contribution in [0.15, 0.2) is 77.7 Å². The second-order valence-corrected chi connectivity index (χ2v) is 8.42. The van der Waals surface area contributed by atoms with Crippen LogP contribution in [0.3, 0.4) is 0 Å². The summed E-state index contributed by atoms with van der Waals surface area (Å²) < 4.78 is 32.9. The van der Waals surface area contributed by atoms with Gasteiger partial charge in [0.15, 0.2) is 5.75 Å². The van der Waals surface area contributed by atoms with Crippen molar-refractivity contribution in [2.24, 2.45) is 0 Å². The predicted molar refractivity (Wildman–Crippen MR) is 119 cm³/mol. The molecular weight excluding hydrogens is 434 g/mol. The van der Waals surface area contributed by atoms with E-state index in [1.54, 1.807) is 12.1 Å². The molecule has 0 bridgehead atoms. The Hall–Kier alpha value is -3.92. The van der Waals surface area contributed by atoms with Gasteiger partial charge in [0.25, 0.3) is 15.9 Å². The predicted octanol–water partition coefficient (Wildman–Crippen LogP) is 3.38. The molecule has 3 aromatic carbocycles. The minimum Gasteiger partial charge on any atom is -0.490 e. The van der Waals surface area contributed by atoms with Gasteiger partial charge in [0.2, 0.25) is 0 Å². The van der Waals surface area contributed by atoms with E-state index in [-0.39, 0.29) is 21.9 Å². The maximum Gasteiger partial charge on any atom is 0.312 e. The quantitative estimate of drug-likeness (QED) is 0.376. The van der Waals surface area contributed by atoms with Crippen molar-refractivity contribution < 1.29 is 22.9 Å². The molecular formula is C22H21N3O6S. The fourth-order valence-electron chi connectivity index (χ4n) is 3.01. The minimum absolute atomic E-state index is 0.0585. The average molecular weight is 455 g/mol. The van der Waals surface area contributed by atoms with Crippen molar-refractivity contribution in [3.05, 3.63) is 94.0 Å². The molecule has 0 saturated heterocycles. The number of hydrogen-bond acceptors (Lipinski definition) is 6. The van der Waals surface area contributed by atoms with Crippen molar-refractivity contribution in [2.45, 2.75) is 11.3 Å². The van der Waals surface area contributed by atoms with Gasteiger partial charge in [-0.25, -0.2) is 8.42 Å². The van der Waals surface area contributed by atoms with Crippen LogP contribution in [0, 0.1) is 10.1 Å². The van der Waals surface area contributed by atoms with E-state index in [9.17, 15) is 23.3 Å². The molecule has 9 nitrogen and oxygen atoms in total. The molecule has 0 aliphatic carbocycles. The highest BCUT2D eigenvalue weighted by Gasteiger charge is 2.23. The number of rotatable bonds is 9. The SMILES string of the molecule is COc1ccc(S(=O)(=O)Nc2ccccc2C(=O)NCCc2ccccc2)cc1[N+](=O)[O-]. The number of nitrogens with one attached hydrogen (secondary N) is 2. The molecule has 0 aliphatic rings. The lowest BCUT2D eigenvalue weighted by atomic mass is 10.1. The lowest BCUT2D eigenvalue weighted by molar-refractivity contribution is -0.386. The zero-order chi connectivity index (χ0) is 23.1. The summed E-state index contributed by atoms with van der Waals surface area (Å²) in [4.78, 5) is 22.8. The maximum absolute atomic E-state index is 12.8. The molecule has 0 aliphatic heterocycles. The van der Waals surface area contributed by atoms with Gasteiger partial charge in [0.1, 0.15) is 0 Å². The van der Waals surface area contributed by atoms with Gasteiger partial charge in [-0.05, 0) is 36.2 Å². The van der Waals surface area contributed by atoms with Crippen molar-refractivity contribution >= 4 is 27.3 Å². The molecule has 0 spiro atoms. The first kappa shape index (κ1) is 22.8. The smallest absolute Gasteiger partial charge is 0.312 e. The minimum atomic E-state index is -4.20. The Morgan fingerprint density at radius 2 is 1.72 bits per heavy atom. The number of nitrogens with zero attached hydrogens (tertiary/aromatic N) is 1. The van der Waals surface area contributed by atoms with Gasteiger partial charge < -0.3 is 10.1 Å². The number of methoxy groups -OCH3 is 1. The van der Waals surface area contributed by atoms with Crippen LogP contribution < -0.4 is 14.8 Å². The number of carbonyl (C=O) groups excluding carboxylic acids is 1. The van der Waals surface area contributed by atoms with Crippen LogP contribution in [0.25, 0.3) is 0 Å². The van der Waals surface area contributed by atoms with E-state index in [1.165, 1.54) is 31.4 Å². The van der Waals surface area contributed by atoms with Crippen molar-refractivity contribution in [1.82, 2.24) is 5.32 Å². The third kappa shape index (κ3) is 5.41. The monoisotopic (exact) mass is 455 g/mol. The zero-order valence-electron chi connectivity index (χ0n) is 17.1. The fraction of sp³-hybridized carbons (Fsp3) is 0.136. The Morgan fingerprint density at radius 3 is 2.41 bits per heavy atom. The Balaban J connectivity index is 1.78. The Morgan fingerprint density at radius 1 is 1.03 bits per heavy atom. The van der Waals surface area contributed by atoms with E-state index in [4.69, 9.17) is 4.74 Å². The van der Waals surface area contributed by atoms with Gasteiger partial charge in [-0.3, -0.25) is 19.6 Å². The summed E-state index contributed by atoms with van der Waals surface area (Å²) in [5.74, 6) is -0.507. The lowest BCUT2D eigenvalue weighted by Gasteiger charge is -2.13. The highest BCUT2D eigenvalue weighted by molar-refractivity contribution is 7.92. The average Bonchev–Trinajstić information content (AvgIpc) is 2.79. The third-order valence-electron chi connectivity index (χ3n) is 4.62. The van der Waals surface area contributed by atoms with E-state index >= 15 is 0 Å². The number of amides is 1. The molecule has 0 heterocycles. The summed E-state index contributed by atoms with van der Waals surface area (Å²) in [5.41, 5.74) is 0.764. The number of nitro groups is 1. The van der Waals surface area contributed by atoms with Gasteiger partial charge in [-0.15, -0.1) is 0 Å². The van der Waals surface area contributed by atoms with E-state index in [1.807, 2.05) is 30.3 Å². The summed E-state index contributed by atoms with van der Waals surface area (Å²) in [6.07, 6.45) is 0.621. The van der Waals surface area contributed by atoms with Gasteiger partial charge in [0.05, 0.1) is 28.2 Å². The van der Waals surface area contributed by atoms with E-state index in [0.29, 0.717) is 13.0 Å². The fourth-order valence-corrected chi connectivity index (χ4v) is 4.11. The normalized spacial score (nSPS) is 10.9. The molecule has 3 aromatic rings. The van der Waals surface area contributed by atoms with Crippen molar-refractivity contribution in [2.75, 3.05) is 18.4 Å². The molecule has 32 heavy (non-hydrogen) atoms. The van der Waals surface area contributed by atoms with Crippen molar-refractivity contribution in [3.63, 3.8) is 0 Å². The van der Waals surface area contributed by atoms with Gasteiger partial charge in [0, 0.05) is 12.6 Å². The van der Waals surface area contributed by atoms with Crippen LogP contribution in [-0.2, 0) is 16.4 Å². The first-order valence-corrected chi connectivity index (χ1v) is 11.1. The molecule has 2 N–H and O–H groups in total. The summed E-state index contributed by atoms with van der Waals surface area (Å²) in [7, 11) is -2.95. The number of anilines is 1. The molecule has 0 saturated carbocycles. The van der Waals surface area contributed by atoms with Crippen LogP contribution in [-0.4, -0.2) is 32.9 Å². The van der Waals surface area contributed by atoms with Crippen LogP contribution in [0.2, 0.25) is 0 Å². The highest BCUT2D eigenvalue weighted by Crippen LogP contribution is 2.30. The molecule has 0 fully saturated rings. The molecule has 0 aromatic heterocycles. The molecule has 166 valence electrons. The summed E-state index contributed by atoms with van der Waals surface area (Å²) in [6.45, 7) is 0.370. The van der Waals surface area contributed by atoms with E-state index in [2.05, 4.69) is 10.0 Å². The Bertz CT molecular complexity index is 1230. The topological polar surface area (TPSA) is 128 Å². The van der Waals surface area contributed by atoms with E-state index < -0.39 is 26.5 Å². The van der Waals surface area contributed by atoms with Crippen LogP contribution in [0.4, 0.5) is 11.4 Å². The molecule has 0 radical (unpaired) electrons. The molecule has 3 rings (SSSR count). The second kappa shape index (κ2) is 9.92.